The van der Waals surface area contributed by atoms with Crippen molar-refractivity contribution in [3.8, 4) is 11.5 Å². The van der Waals surface area contributed by atoms with Crippen LogP contribution < -0.4 is 14.9 Å². The Hall–Kier alpha value is -1.73. The molecule has 0 saturated carbocycles. The Bertz CT molecular complexity index is 646. The van der Waals surface area contributed by atoms with Crippen molar-refractivity contribution in [1.82, 2.24) is 0 Å². The Balaban J connectivity index is 2.10. The number of carbonyl (C=O) groups is 1. The lowest BCUT2D eigenvalue weighted by molar-refractivity contribution is -0.157. The van der Waals surface area contributed by atoms with Gasteiger partial charge < -0.3 is 23.5 Å². The second-order valence-corrected chi connectivity index (χ2v) is 8.37. The molecule has 1 aliphatic rings. The summed E-state index contributed by atoms with van der Waals surface area (Å²) in [7, 11) is 1.05. The SMILES string of the molecule is COc1cc(B2OC(C)(C)C(C)(C)O2)ccc1OCC(=O)OC(C)(C)C. The first kappa shape index (κ1) is 20.6. The van der Waals surface area contributed by atoms with Crippen LogP contribution in [0.15, 0.2) is 18.2 Å². The van der Waals surface area contributed by atoms with Gasteiger partial charge in [-0.1, -0.05) is 6.07 Å². The fourth-order valence-electron chi connectivity index (χ4n) is 2.44. The molecular weight excluding hydrogens is 335 g/mol. The van der Waals surface area contributed by atoms with Gasteiger partial charge in [-0.05, 0) is 66.1 Å². The largest absolute Gasteiger partial charge is 0.494 e. The molecule has 0 spiro atoms. The van der Waals surface area contributed by atoms with Gasteiger partial charge in [-0.15, -0.1) is 0 Å². The predicted octanol–water partition coefficient (Wildman–Crippen LogP) is 2.71. The molecule has 0 N–H and O–H groups in total. The van der Waals surface area contributed by atoms with Crippen LogP contribution in [0.2, 0.25) is 0 Å². The maximum atomic E-state index is 11.8. The number of esters is 1. The maximum absolute atomic E-state index is 11.8. The van der Waals surface area contributed by atoms with E-state index in [1.165, 1.54) is 0 Å². The van der Waals surface area contributed by atoms with Gasteiger partial charge in [0.2, 0.25) is 0 Å². The molecule has 0 amide bonds. The summed E-state index contributed by atoms with van der Waals surface area (Å²) >= 11 is 0. The number of ether oxygens (including phenoxy) is 3. The van der Waals surface area contributed by atoms with E-state index < -0.39 is 29.9 Å². The van der Waals surface area contributed by atoms with E-state index >= 15 is 0 Å². The molecule has 0 unspecified atom stereocenters. The molecule has 26 heavy (non-hydrogen) atoms. The molecule has 1 aromatic rings. The van der Waals surface area contributed by atoms with E-state index in [9.17, 15) is 4.79 Å². The Labute approximate surface area is 156 Å². The fourth-order valence-corrected chi connectivity index (χ4v) is 2.44. The Kier molecular flexibility index (Phi) is 5.64. The van der Waals surface area contributed by atoms with Crippen molar-refractivity contribution < 1.29 is 28.3 Å². The van der Waals surface area contributed by atoms with Gasteiger partial charge in [0.1, 0.15) is 5.60 Å². The predicted molar refractivity (Wildman–Crippen MR) is 100 cm³/mol. The summed E-state index contributed by atoms with van der Waals surface area (Å²) in [5.41, 5.74) is -0.566. The molecule has 0 aliphatic carbocycles. The zero-order chi connectivity index (χ0) is 19.8. The van der Waals surface area contributed by atoms with Crippen LogP contribution in [-0.4, -0.2) is 43.6 Å². The summed E-state index contributed by atoms with van der Waals surface area (Å²) in [5, 5.41) is 0. The highest BCUT2D eigenvalue weighted by molar-refractivity contribution is 6.62. The smallest absolute Gasteiger partial charge is 0.493 e. The number of carbonyl (C=O) groups excluding carboxylic acids is 1. The van der Waals surface area contributed by atoms with Crippen molar-refractivity contribution in [2.45, 2.75) is 65.3 Å². The molecule has 0 bridgehead atoms. The van der Waals surface area contributed by atoms with Gasteiger partial charge in [-0.2, -0.15) is 0 Å². The molecule has 0 aromatic heterocycles. The number of benzene rings is 1. The highest BCUT2D eigenvalue weighted by Crippen LogP contribution is 2.37. The first-order chi connectivity index (χ1) is 11.8. The molecular formula is C19H29BO6. The highest BCUT2D eigenvalue weighted by atomic mass is 16.7. The minimum absolute atomic E-state index is 0.191. The summed E-state index contributed by atoms with van der Waals surface area (Å²) < 4.78 is 28.3. The normalized spacial score (nSPS) is 18.5. The van der Waals surface area contributed by atoms with Gasteiger partial charge in [-0.25, -0.2) is 4.79 Å². The van der Waals surface area contributed by atoms with Crippen LogP contribution >= 0.6 is 0 Å². The van der Waals surface area contributed by atoms with Crippen molar-refractivity contribution in [2.24, 2.45) is 0 Å². The third kappa shape index (κ3) is 4.71. The van der Waals surface area contributed by atoms with Gasteiger partial charge in [0.05, 0.1) is 18.3 Å². The molecule has 0 atom stereocenters. The summed E-state index contributed by atoms with van der Waals surface area (Å²) in [6.07, 6.45) is 0. The van der Waals surface area contributed by atoms with Gasteiger partial charge in [0, 0.05) is 0 Å². The third-order valence-electron chi connectivity index (χ3n) is 4.48. The second-order valence-electron chi connectivity index (χ2n) is 8.37. The van der Waals surface area contributed by atoms with Crippen molar-refractivity contribution in [1.29, 1.82) is 0 Å². The van der Waals surface area contributed by atoms with Crippen LogP contribution in [0.1, 0.15) is 48.5 Å². The van der Waals surface area contributed by atoms with Crippen LogP contribution in [0, 0.1) is 0 Å². The molecule has 6 nitrogen and oxygen atoms in total. The van der Waals surface area contributed by atoms with E-state index in [-0.39, 0.29) is 6.61 Å². The van der Waals surface area contributed by atoms with Crippen LogP contribution in [0.4, 0.5) is 0 Å². The first-order valence-corrected chi connectivity index (χ1v) is 8.73. The summed E-state index contributed by atoms with van der Waals surface area (Å²) in [6.45, 7) is 13.3. The number of hydrogen-bond acceptors (Lipinski definition) is 6. The molecule has 7 heteroatoms. The molecule has 2 rings (SSSR count). The van der Waals surface area contributed by atoms with E-state index in [1.54, 1.807) is 19.2 Å². The fraction of sp³-hybridized carbons (Fsp3) is 0.632. The lowest BCUT2D eigenvalue weighted by Gasteiger charge is -2.32. The Morgan fingerprint density at radius 2 is 1.65 bits per heavy atom. The maximum Gasteiger partial charge on any atom is 0.494 e. The van der Waals surface area contributed by atoms with E-state index in [2.05, 4.69) is 0 Å². The van der Waals surface area contributed by atoms with Crippen molar-refractivity contribution in [2.75, 3.05) is 13.7 Å². The number of hydrogen-bond donors (Lipinski definition) is 0. The van der Waals surface area contributed by atoms with E-state index in [4.69, 9.17) is 23.5 Å². The van der Waals surface area contributed by atoms with E-state index in [1.807, 2.05) is 54.5 Å². The molecule has 0 radical (unpaired) electrons. The first-order valence-electron chi connectivity index (χ1n) is 8.73. The minimum Gasteiger partial charge on any atom is -0.493 e. The van der Waals surface area contributed by atoms with Crippen molar-refractivity contribution >= 4 is 18.6 Å². The third-order valence-corrected chi connectivity index (χ3v) is 4.48. The molecule has 144 valence electrons. The second kappa shape index (κ2) is 7.12. The Morgan fingerprint density at radius 1 is 1.08 bits per heavy atom. The minimum atomic E-state index is -0.550. The average Bonchev–Trinajstić information content (AvgIpc) is 2.71. The molecule has 1 fully saturated rings. The topological polar surface area (TPSA) is 63.2 Å². The zero-order valence-corrected chi connectivity index (χ0v) is 17.0. The lowest BCUT2D eigenvalue weighted by atomic mass is 9.79. The van der Waals surface area contributed by atoms with Crippen LogP contribution in [0.25, 0.3) is 0 Å². The molecule has 1 aliphatic heterocycles. The van der Waals surface area contributed by atoms with Crippen LogP contribution in [0.5, 0.6) is 11.5 Å². The van der Waals surface area contributed by atoms with Gasteiger partial charge >= 0.3 is 13.1 Å². The van der Waals surface area contributed by atoms with Crippen molar-refractivity contribution in [3.05, 3.63) is 18.2 Å². The van der Waals surface area contributed by atoms with Gasteiger partial charge in [0.15, 0.2) is 18.1 Å². The standard InChI is InChI=1S/C19H29BO6/c1-17(2,3)24-16(21)12-23-14-10-9-13(11-15(14)22-8)20-25-18(4,5)19(6,7)26-20/h9-11H,12H2,1-8H3. The zero-order valence-electron chi connectivity index (χ0n) is 17.0. The van der Waals surface area contributed by atoms with E-state index in [0.717, 1.165) is 5.46 Å². The number of rotatable bonds is 5. The van der Waals surface area contributed by atoms with Crippen LogP contribution in [0.3, 0.4) is 0 Å². The highest BCUT2D eigenvalue weighted by Gasteiger charge is 2.51. The molecule has 1 heterocycles. The lowest BCUT2D eigenvalue weighted by Crippen LogP contribution is -2.41. The monoisotopic (exact) mass is 364 g/mol. The van der Waals surface area contributed by atoms with E-state index in [0.29, 0.717) is 11.5 Å². The van der Waals surface area contributed by atoms with Gasteiger partial charge in [0.25, 0.3) is 0 Å². The molecule has 1 saturated heterocycles. The van der Waals surface area contributed by atoms with Crippen molar-refractivity contribution in [3.63, 3.8) is 0 Å². The molecule has 1 aromatic carbocycles. The van der Waals surface area contributed by atoms with Crippen LogP contribution in [-0.2, 0) is 18.8 Å². The summed E-state index contributed by atoms with van der Waals surface area (Å²) in [5.74, 6) is 0.522. The Morgan fingerprint density at radius 3 is 2.15 bits per heavy atom. The summed E-state index contributed by atoms with van der Waals surface area (Å²) in [6, 6.07) is 5.38. The summed E-state index contributed by atoms with van der Waals surface area (Å²) in [4.78, 5) is 11.8. The number of methoxy groups -OCH3 is 1. The average molecular weight is 364 g/mol. The quantitative estimate of drug-likeness (QED) is 0.591. The van der Waals surface area contributed by atoms with Gasteiger partial charge in [-0.3, -0.25) is 0 Å².